The number of anilines is 1. The lowest BCUT2D eigenvalue weighted by molar-refractivity contribution is -0.113. The van der Waals surface area contributed by atoms with Crippen LogP contribution in [0.3, 0.4) is 0 Å². The number of fused-ring (bicyclic) bond motifs is 1. The Morgan fingerprint density at radius 2 is 1.42 bits per heavy atom. The van der Waals surface area contributed by atoms with Gasteiger partial charge in [0.05, 0.1) is 0 Å². The summed E-state index contributed by atoms with van der Waals surface area (Å²) in [5.41, 5.74) is 2.11. The first kappa shape index (κ1) is 20.6. The zero-order valence-corrected chi connectivity index (χ0v) is 18.1. The molecule has 0 heterocycles. The molecule has 0 aromatic heterocycles. The second-order valence-corrected chi connectivity index (χ2v) is 7.82. The molecule has 4 aromatic rings. The lowest BCUT2D eigenvalue weighted by Gasteiger charge is -2.12. The van der Waals surface area contributed by atoms with Crippen LogP contribution in [0.5, 0.6) is 0 Å². The molecule has 5 heteroatoms. The summed E-state index contributed by atoms with van der Waals surface area (Å²) < 4.78 is 0.911. The third kappa shape index (κ3) is 5.08. The van der Waals surface area contributed by atoms with Crippen molar-refractivity contribution in [3.05, 3.63) is 118 Å². The molecule has 4 nitrogen and oxygen atoms in total. The summed E-state index contributed by atoms with van der Waals surface area (Å²) in [4.78, 5) is 25.9. The summed E-state index contributed by atoms with van der Waals surface area (Å²) in [6, 6.07) is 29.8. The van der Waals surface area contributed by atoms with E-state index in [0.29, 0.717) is 11.3 Å². The number of rotatable bonds is 5. The van der Waals surface area contributed by atoms with Gasteiger partial charge < -0.3 is 10.6 Å². The number of hydrogen-bond acceptors (Lipinski definition) is 2. The highest BCUT2D eigenvalue weighted by molar-refractivity contribution is 9.10. The molecule has 0 aliphatic heterocycles. The quantitative estimate of drug-likeness (QED) is 0.350. The third-order valence-electron chi connectivity index (χ3n) is 4.75. The van der Waals surface area contributed by atoms with E-state index in [9.17, 15) is 9.59 Å². The van der Waals surface area contributed by atoms with E-state index in [0.717, 1.165) is 20.8 Å². The molecule has 0 fully saturated rings. The third-order valence-corrected chi connectivity index (χ3v) is 5.28. The first-order chi connectivity index (χ1) is 15.1. The Morgan fingerprint density at radius 3 is 2.19 bits per heavy atom. The van der Waals surface area contributed by atoms with Crippen molar-refractivity contribution in [2.24, 2.45) is 0 Å². The summed E-state index contributed by atoms with van der Waals surface area (Å²) in [5.74, 6) is -0.752. The normalized spacial score (nSPS) is 11.2. The van der Waals surface area contributed by atoms with E-state index < -0.39 is 5.91 Å². The van der Waals surface area contributed by atoms with Crippen LogP contribution in [0.1, 0.15) is 15.9 Å². The van der Waals surface area contributed by atoms with E-state index in [1.807, 2.05) is 60.7 Å². The molecular weight excluding hydrogens is 452 g/mol. The zero-order chi connectivity index (χ0) is 21.6. The molecule has 0 aliphatic rings. The molecule has 0 atom stereocenters. The van der Waals surface area contributed by atoms with Crippen LogP contribution >= 0.6 is 15.9 Å². The van der Waals surface area contributed by atoms with Gasteiger partial charge in [0.1, 0.15) is 5.70 Å². The van der Waals surface area contributed by atoms with Crippen molar-refractivity contribution < 1.29 is 9.59 Å². The van der Waals surface area contributed by atoms with Crippen molar-refractivity contribution in [1.82, 2.24) is 5.32 Å². The maximum atomic E-state index is 13.1. The predicted octanol–water partition coefficient (Wildman–Crippen LogP) is 6.01. The number of benzene rings is 4. The van der Waals surface area contributed by atoms with Crippen LogP contribution in [0.4, 0.5) is 5.69 Å². The average molecular weight is 471 g/mol. The standard InChI is InChI=1S/C26H19BrN2O2/c27-21-13-15-22(16-14-21)28-26(31)24(29-25(30)19-8-2-1-3-9-19)17-20-11-6-10-18-7-4-5-12-23(18)20/h1-17H,(H,28,31)(H,29,30). The Bertz CT molecular complexity index is 1260. The van der Waals surface area contributed by atoms with E-state index in [1.54, 1.807) is 42.5 Å². The van der Waals surface area contributed by atoms with Gasteiger partial charge in [-0.25, -0.2) is 0 Å². The Hall–Kier alpha value is -3.70. The molecule has 31 heavy (non-hydrogen) atoms. The van der Waals surface area contributed by atoms with E-state index in [2.05, 4.69) is 26.6 Å². The molecule has 0 aliphatic carbocycles. The minimum atomic E-state index is -0.403. The van der Waals surface area contributed by atoms with Crippen LogP contribution in [0.25, 0.3) is 16.8 Å². The van der Waals surface area contributed by atoms with E-state index in [1.165, 1.54) is 0 Å². The van der Waals surface area contributed by atoms with Crippen molar-refractivity contribution in [2.45, 2.75) is 0 Å². The van der Waals surface area contributed by atoms with Crippen LogP contribution in [-0.4, -0.2) is 11.8 Å². The summed E-state index contributed by atoms with van der Waals surface area (Å²) in [7, 11) is 0. The topological polar surface area (TPSA) is 58.2 Å². The first-order valence-electron chi connectivity index (χ1n) is 9.73. The van der Waals surface area contributed by atoms with Crippen molar-refractivity contribution in [1.29, 1.82) is 0 Å². The van der Waals surface area contributed by atoms with Crippen LogP contribution in [-0.2, 0) is 4.79 Å². The van der Waals surface area contributed by atoms with Crippen molar-refractivity contribution in [2.75, 3.05) is 5.32 Å². The Balaban J connectivity index is 1.70. The van der Waals surface area contributed by atoms with E-state index in [4.69, 9.17) is 0 Å². The number of carbonyl (C=O) groups excluding carboxylic acids is 2. The molecule has 152 valence electrons. The molecular formula is C26H19BrN2O2. The van der Waals surface area contributed by atoms with Crippen molar-refractivity contribution in [3.8, 4) is 0 Å². The molecule has 0 unspecified atom stereocenters. The van der Waals surface area contributed by atoms with E-state index in [-0.39, 0.29) is 11.6 Å². The molecule has 2 N–H and O–H groups in total. The number of nitrogens with one attached hydrogen (secondary N) is 2. The molecule has 0 bridgehead atoms. The molecule has 0 saturated carbocycles. The maximum absolute atomic E-state index is 13.1. The van der Waals surface area contributed by atoms with Crippen LogP contribution in [0.2, 0.25) is 0 Å². The summed E-state index contributed by atoms with van der Waals surface area (Å²) in [6.07, 6.45) is 1.71. The molecule has 0 saturated heterocycles. The van der Waals surface area contributed by atoms with Gasteiger partial charge in [0.2, 0.25) is 0 Å². The lowest BCUT2D eigenvalue weighted by atomic mass is 10.0. The molecule has 0 radical (unpaired) electrons. The van der Waals surface area contributed by atoms with Gasteiger partial charge in [-0.1, -0.05) is 76.6 Å². The predicted molar refractivity (Wildman–Crippen MR) is 129 cm³/mol. The summed E-state index contributed by atoms with van der Waals surface area (Å²) in [6.45, 7) is 0. The Morgan fingerprint density at radius 1 is 0.742 bits per heavy atom. The van der Waals surface area contributed by atoms with Gasteiger partial charge in [0, 0.05) is 15.7 Å². The first-order valence-corrected chi connectivity index (χ1v) is 10.5. The van der Waals surface area contributed by atoms with Gasteiger partial charge in [-0.3, -0.25) is 9.59 Å². The fraction of sp³-hybridized carbons (Fsp3) is 0. The van der Waals surface area contributed by atoms with Gasteiger partial charge >= 0.3 is 0 Å². The highest BCUT2D eigenvalue weighted by atomic mass is 79.9. The number of halogens is 1. The number of amides is 2. The smallest absolute Gasteiger partial charge is 0.272 e. The second-order valence-electron chi connectivity index (χ2n) is 6.91. The van der Waals surface area contributed by atoms with Crippen LogP contribution < -0.4 is 10.6 Å². The van der Waals surface area contributed by atoms with Crippen molar-refractivity contribution >= 4 is 50.3 Å². The monoisotopic (exact) mass is 470 g/mol. The molecule has 0 spiro atoms. The molecule has 4 aromatic carbocycles. The molecule has 2 amide bonds. The van der Waals surface area contributed by atoms with Gasteiger partial charge in [0.25, 0.3) is 11.8 Å². The highest BCUT2D eigenvalue weighted by Gasteiger charge is 2.15. The van der Waals surface area contributed by atoms with Gasteiger partial charge in [-0.15, -0.1) is 0 Å². The van der Waals surface area contributed by atoms with Crippen molar-refractivity contribution in [3.63, 3.8) is 0 Å². The van der Waals surface area contributed by atoms with E-state index >= 15 is 0 Å². The van der Waals surface area contributed by atoms with Crippen LogP contribution in [0, 0.1) is 0 Å². The molecule has 4 rings (SSSR count). The highest BCUT2D eigenvalue weighted by Crippen LogP contribution is 2.21. The minimum absolute atomic E-state index is 0.160. The van der Waals surface area contributed by atoms with Gasteiger partial charge in [-0.05, 0) is 58.8 Å². The second kappa shape index (κ2) is 9.41. The fourth-order valence-electron chi connectivity index (χ4n) is 3.21. The summed E-state index contributed by atoms with van der Waals surface area (Å²) in [5, 5.41) is 7.68. The average Bonchev–Trinajstić information content (AvgIpc) is 2.81. The lowest BCUT2D eigenvalue weighted by Crippen LogP contribution is -2.30. The summed E-state index contributed by atoms with van der Waals surface area (Å²) >= 11 is 3.39. The maximum Gasteiger partial charge on any atom is 0.272 e. The van der Waals surface area contributed by atoms with Gasteiger partial charge in [-0.2, -0.15) is 0 Å². The van der Waals surface area contributed by atoms with Gasteiger partial charge in [0.15, 0.2) is 0 Å². The fourth-order valence-corrected chi connectivity index (χ4v) is 3.47. The largest absolute Gasteiger partial charge is 0.321 e. The number of carbonyl (C=O) groups is 2. The number of hydrogen-bond donors (Lipinski definition) is 2. The zero-order valence-electron chi connectivity index (χ0n) is 16.5. The van der Waals surface area contributed by atoms with Crippen LogP contribution in [0.15, 0.2) is 107 Å². The SMILES string of the molecule is O=C(Nc1ccc(Br)cc1)C(=Cc1cccc2ccccc12)NC(=O)c1ccccc1. The minimum Gasteiger partial charge on any atom is -0.321 e. The Labute approximate surface area is 188 Å². The Kier molecular flexibility index (Phi) is 6.24.